The van der Waals surface area contributed by atoms with Gasteiger partial charge in [-0.3, -0.25) is 9.59 Å². The van der Waals surface area contributed by atoms with Crippen LogP contribution < -0.4 is 10.6 Å². The average Bonchev–Trinajstić information content (AvgIpc) is 3.11. The van der Waals surface area contributed by atoms with Gasteiger partial charge < -0.3 is 10.6 Å². The lowest BCUT2D eigenvalue weighted by Crippen LogP contribution is -2.33. The van der Waals surface area contributed by atoms with Crippen molar-refractivity contribution in [2.45, 2.75) is 31.7 Å². The first kappa shape index (κ1) is 18.7. The number of hydrogen-bond acceptors (Lipinski definition) is 2. The molecule has 1 aliphatic rings. The predicted octanol–water partition coefficient (Wildman–Crippen LogP) is 5.06. The lowest BCUT2D eigenvalue weighted by Gasteiger charge is -2.15. The summed E-state index contributed by atoms with van der Waals surface area (Å²) in [6, 6.07) is 8.96. The number of carbonyl (C=O) groups is 2. The van der Waals surface area contributed by atoms with E-state index in [2.05, 4.69) is 10.6 Å². The highest BCUT2D eigenvalue weighted by molar-refractivity contribution is 6.37. The third-order valence-electron chi connectivity index (χ3n) is 4.36. The minimum atomic E-state index is -0.742. The molecule has 26 heavy (non-hydrogen) atoms. The molecule has 0 atom stereocenters. The molecule has 0 spiro atoms. The van der Waals surface area contributed by atoms with E-state index in [-0.39, 0.29) is 27.6 Å². The smallest absolute Gasteiger partial charge is 0.257 e. The Morgan fingerprint density at radius 1 is 0.962 bits per heavy atom. The van der Waals surface area contributed by atoms with Crippen LogP contribution in [0.2, 0.25) is 10.0 Å². The normalized spacial score (nSPS) is 14.3. The standard InChI is InChI=1S/C19H17Cl2FN2O2/c20-14-10-15(21)16(22)9-13(14)19(26)24-17-8-4-3-7-12(17)18(25)23-11-5-1-2-6-11/h3-4,7-11H,1-2,5-6H2,(H,23,25)(H,24,26). The van der Waals surface area contributed by atoms with Gasteiger partial charge in [-0.1, -0.05) is 48.2 Å². The number of benzene rings is 2. The Balaban J connectivity index is 1.80. The molecule has 2 aromatic rings. The number of para-hydroxylation sites is 1. The third-order valence-corrected chi connectivity index (χ3v) is 4.97. The summed E-state index contributed by atoms with van der Waals surface area (Å²) in [5, 5.41) is 5.47. The summed E-state index contributed by atoms with van der Waals surface area (Å²) < 4.78 is 13.7. The molecule has 0 aliphatic heterocycles. The highest BCUT2D eigenvalue weighted by Gasteiger charge is 2.21. The quantitative estimate of drug-likeness (QED) is 0.712. The molecule has 0 unspecified atom stereocenters. The average molecular weight is 395 g/mol. The third kappa shape index (κ3) is 4.17. The number of carbonyl (C=O) groups excluding carboxylic acids is 2. The maximum Gasteiger partial charge on any atom is 0.257 e. The van der Waals surface area contributed by atoms with Gasteiger partial charge in [0.15, 0.2) is 0 Å². The molecule has 2 aromatic carbocycles. The summed E-state index contributed by atoms with van der Waals surface area (Å²) in [5.74, 6) is -1.61. The second-order valence-corrected chi connectivity index (χ2v) is 7.02. The molecule has 0 saturated heterocycles. The molecule has 0 heterocycles. The minimum Gasteiger partial charge on any atom is -0.349 e. The second-order valence-electron chi connectivity index (χ2n) is 6.20. The first-order valence-electron chi connectivity index (χ1n) is 8.31. The highest BCUT2D eigenvalue weighted by Crippen LogP contribution is 2.26. The molecule has 3 rings (SSSR count). The molecule has 0 bridgehead atoms. The fourth-order valence-corrected chi connectivity index (χ4v) is 3.48. The number of nitrogens with one attached hydrogen (secondary N) is 2. The van der Waals surface area contributed by atoms with Crippen molar-refractivity contribution in [1.29, 1.82) is 0 Å². The zero-order valence-corrected chi connectivity index (χ0v) is 15.3. The first-order valence-corrected chi connectivity index (χ1v) is 9.07. The van der Waals surface area contributed by atoms with Gasteiger partial charge in [-0.15, -0.1) is 0 Å². The van der Waals surface area contributed by atoms with Gasteiger partial charge in [-0.05, 0) is 37.1 Å². The SMILES string of the molecule is O=C(Nc1ccccc1C(=O)NC1CCCC1)c1cc(F)c(Cl)cc1Cl. The molecule has 136 valence electrons. The molecule has 1 fully saturated rings. The Morgan fingerprint density at radius 2 is 1.65 bits per heavy atom. The van der Waals surface area contributed by atoms with Crippen LogP contribution in [0.5, 0.6) is 0 Å². The molecule has 0 radical (unpaired) electrons. The Labute approximate surface area is 160 Å². The van der Waals surface area contributed by atoms with Crippen molar-refractivity contribution >= 4 is 40.7 Å². The van der Waals surface area contributed by atoms with E-state index in [0.29, 0.717) is 11.3 Å². The molecule has 4 nitrogen and oxygen atoms in total. The lowest BCUT2D eigenvalue weighted by molar-refractivity contribution is 0.0939. The maximum atomic E-state index is 13.7. The molecular weight excluding hydrogens is 378 g/mol. The molecule has 7 heteroatoms. The summed E-state index contributed by atoms with van der Waals surface area (Å²) in [7, 11) is 0. The molecule has 2 N–H and O–H groups in total. The van der Waals surface area contributed by atoms with Gasteiger partial charge in [-0.25, -0.2) is 4.39 Å². The molecule has 1 aliphatic carbocycles. The van der Waals surface area contributed by atoms with Crippen LogP contribution in [0.15, 0.2) is 36.4 Å². The van der Waals surface area contributed by atoms with E-state index in [0.717, 1.165) is 31.7 Å². The first-order chi connectivity index (χ1) is 12.5. The maximum absolute atomic E-state index is 13.7. The Morgan fingerprint density at radius 3 is 2.38 bits per heavy atom. The molecule has 0 aromatic heterocycles. The minimum absolute atomic E-state index is 0.0294. The van der Waals surface area contributed by atoms with Crippen LogP contribution in [0.1, 0.15) is 46.4 Å². The number of anilines is 1. The van der Waals surface area contributed by atoms with Crippen molar-refractivity contribution in [1.82, 2.24) is 5.32 Å². The van der Waals surface area contributed by atoms with Crippen molar-refractivity contribution in [2.24, 2.45) is 0 Å². The van der Waals surface area contributed by atoms with E-state index >= 15 is 0 Å². The summed E-state index contributed by atoms with van der Waals surface area (Å²) in [6.45, 7) is 0. The zero-order chi connectivity index (χ0) is 18.7. The number of rotatable bonds is 4. The molecule has 2 amide bonds. The van der Waals surface area contributed by atoms with Crippen molar-refractivity contribution in [3.05, 3.63) is 63.4 Å². The van der Waals surface area contributed by atoms with E-state index in [1.165, 1.54) is 6.07 Å². The molecule has 1 saturated carbocycles. The van der Waals surface area contributed by atoms with Crippen LogP contribution in [-0.4, -0.2) is 17.9 Å². The largest absolute Gasteiger partial charge is 0.349 e. The van der Waals surface area contributed by atoms with Crippen molar-refractivity contribution in [3.63, 3.8) is 0 Å². The lowest BCUT2D eigenvalue weighted by atomic mass is 10.1. The summed E-state index contributed by atoms with van der Waals surface area (Å²) in [6.07, 6.45) is 4.12. The van der Waals surface area contributed by atoms with Gasteiger partial charge in [0.25, 0.3) is 11.8 Å². The number of hydrogen-bond donors (Lipinski definition) is 2. The highest BCUT2D eigenvalue weighted by atomic mass is 35.5. The summed E-state index contributed by atoms with van der Waals surface area (Å²) in [4.78, 5) is 25.0. The second kappa shape index (κ2) is 8.06. The van der Waals surface area contributed by atoms with E-state index in [1.54, 1.807) is 24.3 Å². The number of halogens is 3. The van der Waals surface area contributed by atoms with Crippen molar-refractivity contribution in [3.8, 4) is 0 Å². The summed E-state index contributed by atoms with van der Waals surface area (Å²) >= 11 is 11.6. The van der Waals surface area contributed by atoms with Crippen molar-refractivity contribution < 1.29 is 14.0 Å². The fraction of sp³-hybridized carbons (Fsp3) is 0.263. The van der Waals surface area contributed by atoms with Gasteiger partial charge in [0, 0.05) is 6.04 Å². The van der Waals surface area contributed by atoms with Crippen LogP contribution in [0.3, 0.4) is 0 Å². The van der Waals surface area contributed by atoms with E-state index < -0.39 is 11.7 Å². The van der Waals surface area contributed by atoms with Crippen LogP contribution in [0.25, 0.3) is 0 Å². The topological polar surface area (TPSA) is 58.2 Å². The van der Waals surface area contributed by atoms with Crippen LogP contribution in [0, 0.1) is 5.82 Å². The van der Waals surface area contributed by atoms with Crippen LogP contribution in [-0.2, 0) is 0 Å². The van der Waals surface area contributed by atoms with E-state index in [9.17, 15) is 14.0 Å². The zero-order valence-electron chi connectivity index (χ0n) is 13.8. The Kier molecular flexibility index (Phi) is 5.79. The Hall–Kier alpha value is -2.11. The van der Waals surface area contributed by atoms with Gasteiger partial charge in [0.05, 0.1) is 26.9 Å². The monoisotopic (exact) mass is 394 g/mol. The van der Waals surface area contributed by atoms with Gasteiger partial charge in [-0.2, -0.15) is 0 Å². The number of amides is 2. The van der Waals surface area contributed by atoms with Gasteiger partial charge >= 0.3 is 0 Å². The molecular formula is C19H17Cl2FN2O2. The van der Waals surface area contributed by atoms with Gasteiger partial charge in [0.1, 0.15) is 5.82 Å². The predicted molar refractivity (Wildman–Crippen MR) is 101 cm³/mol. The fourth-order valence-electron chi connectivity index (χ4n) is 3.01. The Bertz CT molecular complexity index is 851. The van der Waals surface area contributed by atoms with Gasteiger partial charge in [0.2, 0.25) is 0 Å². The summed E-state index contributed by atoms with van der Waals surface area (Å²) in [5.41, 5.74) is 0.623. The van der Waals surface area contributed by atoms with Crippen LogP contribution in [0.4, 0.5) is 10.1 Å². The van der Waals surface area contributed by atoms with E-state index in [4.69, 9.17) is 23.2 Å². The van der Waals surface area contributed by atoms with E-state index in [1.807, 2.05) is 0 Å². The van der Waals surface area contributed by atoms with Crippen LogP contribution >= 0.6 is 23.2 Å². The van der Waals surface area contributed by atoms with Crippen molar-refractivity contribution in [2.75, 3.05) is 5.32 Å².